The first-order valence-electron chi connectivity index (χ1n) is 5.48. The molecule has 0 atom stereocenters. The van der Waals surface area contributed by atoms with Crippen molar-refractivity contribution >= 4 is 34.5 Å². The van der Waals surface area contributed by atoms with Crippen LogP contribution in [-0.2, 0) is 0 Å². The Balaban J connectivity index is 2.19. The second-order valence-corrected chi connectivity index (χ2v) is 4.99. The number of anilines is 1. The Morgan fingerprint density at radius 3 is 2.78 bits per heavy atom. The van der Waals surface area contributed by atoms with Crippen LogP contribution in [0.25, 0.3) is 0 Å². The first kappa shape index (κ1) is 12.9. The number of halogens is 1. The number of nitrogens with one attached hydrogen (secondary N) is 1. The molecule has 0 bridgehead atoms. The van der Waals surface area contributed by atoms with Gasteiger partial charge >= 0.3 is 0 Å². The molecule has 5 heteroatoms. The normalized spacial score (nSPS) is 10.1. The van der Waals surface area contributed by atoms with Gasteiger partial charge in [0, 0.05) is 11.1 Å². The lowest BCUT2D eigenvalue weighted by Crippen LogP contribution is -2.12. The molecule has 0 saturated heterocycles. The van der Waals surface area contributed by atoms with Gasteiger partial charge in [-0.05, 0) is 19.1 Å². The van der Waals surface area contributed by atoms with Crippen LogP contribution in [0.5, 0.6) is 5.75 Å². The molecule has 1 aromatic carbocycles. The molecule has 1 N–H and O–H groups in total. The van der Waals surface area contributed by atoms with E-state index in [0.717, 1.165) is 5.69 Å². The Morgan fingerprint density at radius 2 is 2.11 bits per heavy atom. The molecule has 94 valence electrons. The van der Waals surface area contributed by atoms with E-state index in [4.69, 9.17) is 16.3 Å². The van der Waals surface area contributed by atoms with Gasteiger partial charge in [0.15, 0.2) is 5.75 Å². The number of carbonyl (C=O) groups is 1. The summed E-state index contributed by atoms with van der Waals surface area (Å²) in [5.41, 5.74) is 1.21. The fourth-order valence-corrected chi connectivity index (χ4v) is 2.48. The minimum atomic E-state index is -0.215. The number of hydrogen-bond acceptors (Lipinski definition) is 3. The molecular weight excluding hydrogens is 270 g/mol. The molecule has 0 unspecified atom stereocenters. The standard InChI is InChI=1S/C13H12ClNO2S/c1-2-17-11-10(8-18-12(11)14)13(16)15-9-6-4-3-5-7-9/h3-8H,2H2,1H3,(H,15,16). The fourth-order valence-electron chi connectivity index (χ4n) is 1.48. The number of benzene rings is 1. The predicted molar refractivity (Wildman–Crippen MR) is 74.9 cm³/mol. The summed E-state index contributed by atoms with van der Waals surface area (Å²) in [7, 11) is 0. The van der Waals surface area contributed by atoms with Crippen molar-refractivity contribution in [1.29, 1.82) is 0 Å². The van der Waals surface area contributed by atoms with Gasteiger partial charge in [-0.15, -0.1) is 11.3 Å². The van der Waals surface area contributed by atoms with Gasteiger partial charge in [0.1, 0.15) is 4.34 Å². The molecule has 2 rings (SSSR count). The average molecular weight is 282 g/mol. The minimum absolute atomic E-state index is 0.215. The average Bonchev–Trinajstić information content (AvgIpc) is 2.73. The smallest absolute Gasteiger partial charge is 0.260 e. The zero-order valence-corrected chi connectivity index (χ0v) is 11.3. The van der Waals surface area contributed by atoms with Crippen LogP contribution >= 0.6 is 22.9 Å². The first-order valence-corrected chi connectivity index (χ1v) is 6.74. The Morgan fingerprint density at radius 1 is 1.39 bits per heavy atom. The van der Waals surface area contributed by atoms with Crippen molar-refractivity contribution in [3.63, 3.8) is 0 Å². The van der Waals surface area contributed by atoms with Crippen LogP contribution in [0.2, 0.25) is 4.34 Å². The molecule has 3 nitrogen and oxygen atoms in total. The maximum atomic E-state index is 12.1. The van der Waals surface area contributed by atoms with E-state index in [9.17, 15) is 4.79 Å². The highest BCUT2D eigenvalue weighted by atomic mass is 35.5. The van der Waals surface area contributed by atoms with Crippen molar-refractivity contribution in [2.45, 2.75) is 6.92 Å². The minimum Gasteiger partial charge on any atom is -0.491 e. The van der Waals surface area contributed by atoms with E-state index in [0.29, 0.717) is 22.3 Å². The molecule has 1 heterocycles. The summed E-state index contributed by atoms with van der Waals surface area (Å²) in [5, 5.41) is 4.50. The summed E-state index contributed by atoms with van der Waals surface area (Å²) in [4.78, 5) is 12.1. The highest BCUT2D eigenvalue weighted by Gasteiger charge is 2.18. The van der Waals surface area contributed by atoms with Crippen molar-refractivity contribution in [3.05, 3.63) is 45.6 Å². The van der Waals surface area contributed by atoms with Gasteiger partial charge in [-0.3, -0.25) is 4.79 Å². The van der Waals surface area contributed by atoms with E-state index in [1.54, 1.807) is 5.38 Å². The van der Waals surface area contributed by atoms with Crippen LogP contribution in [0.4, 0.5) is 5.69 Å². The van der Waals surface area contributed by atoms with Crippen molar-refractivity contribution in [2.75, 3.05) is 11.9 Å². The van der Waals surface area contributed by atoms with Gasteiger partial charge in [-0.2, -0.15) is 0 Å². The van der Waals surface area contributed by atoms with Crippen molar-refractivity contribution in [3.8, 4) is 5.75 Å². The molecule has 0 saturated carbocycles. The largest absolute Gasteiger partial charge is 0.491 e. The third kappa shape index (κ3) is 2.83. The maximum absolute atomic E-state index is 12.1. The number of hydrogen-bond donors (Lipinski definition) is 1. The Hall–Kier alpha value is -1.52. The number of rotatable bonds is 4. The quantitative estimate of drug-likeness (QED) is 0.918. The Kier molecular flexibility index (Phi) is 4.23. The molecular formula is C13H12ClNO2S. The van der Waals surface area contributed by atoms with E-state index >= 15 is 0 Å². The maximum Gasteiger partial charge on any atom is 0.260 e. The molecule has 18 heavy (non-hydrogen) atoms. The summed E-state index contributed by atoms with van der Waals surface area (Å²) in [6, 6.07) is 9.26. The molecule has 2 aromatic rings. The van der Waals surface area contributed by atoms with E-state index in [1.165, 1.54) is 11.3 Å². The molecule has 0 fully saturated rings. The number of para-hydroxylation sites is 1. The predicted octanol–water partition coefficient (Wildman–Crippen LogP) is 4.05. The third-order valence-electron chi connectivity index (χ3n) is 2.27. The van der Waals surface area contributed by atoms with E-state index in [1.807, 2.05) is 37.3 Å². The number of carbonyl (C=O) groups excluding carboxylic acids is 1. The second-order valence-electron chi connectivity index (χ2n) is 3.51. The monoisotopic (exact) mass is 281 g/mol. The molecule has 0 radical (unpaired) electrons. The van der Waals surface area contributed by atoms with E-state index in [2.05, 4.69) is 5.32 Å². The zero-order chi connectivity index (χ0) is 13.0. The Labute approximate surface area is 114 Å². The third-order valence-corrected chi connectivity index (χ3v) is 3.45. The molecule has 0 spiro atoms. The summed E-state index contributed by atoms with van der Waals surface area (Å²) in [6.45, 7) is 2.33. The SMILES string of the molecule is CCOc1c(C(=O)Nc2ccccc2)csc1Cl. The summed E-state index contributed by atoms with van der Waals surface area (Å²) < 4.78 is 5.88. The van der Waals surface area contributed by atoms with E-state index < -0.39 is 0 Å². The highest BCUT2D eigenvalue weighted by molar-refractivity contribution is 7.15. The number of ether oxygens (including phenoxy) is 1. The Bertz CT molecular complexity index is 539. The lowest BCUT2D eigenvalue weighted by atomic mass is 10.2. The van der Waals surface area contributed by atoms with Crippen LogP contribution < -0.4 is 10.1 Å². The van der Waals surface area contributed by atoms with Crippen molar-refractivity contribution in [1.82, 2.24) is 0 Å². The zero-order valence-electron chi connectivity index (χ0n) is 9.77. The summed E-state index contributed by atoms with van der Waals surface area (Å²) in [5.74, 6) is 0.241. The van der Waals surface area contributed by atoms with Gasteiger partial charge in [0.25, 0.3) is 5.91 Å². The number of thiophene rings is 1. The fraction of sp³-hybridized carbons (Fsp3) is 0.154. The summed E-state index contributed by atoms with van der Waals surface area (Å²) in [6.07, 6.45) is 0. The van der Waals surface area contributed by atoms with Crippen LogP contribution in [0, 0.1) is 0 Å². The van der Waals surface area contributed by atoms with Crippen LogP contribution in [0.15, 0.2) is 35.7 Å². The second kappa shape index (κ2) is 5.89. The van der Waals surface area contributed by atoms with Gasteiger partial charge in [0.2, 0.25) is 0 Å². The van der Waals surface area contributed by atoms with Crippen molar-refractivity contribution < 1.29 is 9.53 Å². The van der Waals surface area contributed by atoms with Gasteiger partial charge in [-0.25, -0.2) is 0 Å². The van der Waals surface area contributed by atoms with Gasteiger partial charge in [-0.1, -0.05) is 29.8 Å². The van der Waals surface area contributed by atoms with E-state index in [-0.39, 0.29) is 5.91 Å². The van der Waals surface area contributed by atoms with Crippen molar-refractivity contribution in [2.24, 2.45) is 0 Å². The van der Waals surface area contributed by atoms with Gasteiger partial charge < -0.3 is 10.1 Å². The molecule has 0 aliphatic carbocycles. The topological polar surface area (TPSA) is 38.3 Å². The van der Waals surface area contributed by atoms with Crippen LogP contribution in [0.1, 0.15) is 17.3 Å². The molecule has 1 amide bonds. The molecule has 1 aromatic heterocycles. The lowest BCUT2D eigenvalue weighted by molar-refractivity contribution is 0.102. The van der Waals surface area contributed by atoms with Gasteiger partial charge in [0.05, 0.1) is 12.2 Å². The lowest BCUT2D eigenvalue weighted by Gasteiger charge is -2.07. The highest BCUT2D eigenvalue weighted by Crippen LogP contribution is 2.35. The summed E-state index contributed by atoms with van der Waals surface area (Å²) >= 11 is 7.27. The first-order chi connectivity index (χ1) is 8.72. The number of amides is 1. The molecule has 0 aliphatic heterocycles. The van der Waals surface area contributed by atoms with Crippen LogP contribution in [-0.4, -0.2) is 12.5 Å². The van der Waals surface area contributed by atoms with Crippen LogP contribution in [0.3, 0.4) is 0 Å². The molecule has 0 aliphatic rings.